The molecule has 0 aromatic carbocycles. The molecule has 0 aromatic rings. The van der Waals surface area contributed by atoms with E-state index < -0.39 is 0 Å². The lowest BCUT2D eigenvalue weighted by atomic mass is 10.4. The molecule has 0 fully saturated rings. The molecule has 2 nitrogen and oxygen atoms in total. The van der Waals surface area contributed by atoms with Crippen LogP contribution in [0.2, 0.25) is 0 Å². The van der Waals surface area contributed by atoms with Gasteiger partial charge in [0.25, 0.3) is 0 Å². The fourth-order valence-electron chi connectivity index (χ4n) is 0.465. The molecule has 4 N–H and O–H groups in total. The molecule has 0 aliphatic heterocycles. The Balaban J connectivity index is -0.000000180. The topological polar surface area (TPSA) is 52.0 Å². The summed E-state index contributed by atoms with van der Waals surface area (Å²) in [5.41, 5.74) is 10.5. The van der Waals surface area contributed by atoms with E-state index in [1.54, 1.807) is 0 Å². The molecule has 0 spiro atoms. The van der Waals surface area contributed by atoms with Crippen molar-refractivity contribution in [1.29, 1.82) is 0 Å². The van der Waals surface area contributed by atoms with Crippen LogP contribution in [-0.2, 0) is 0 Å². The van der Waals surface area contributed by atoms with Crippen molar-refractivity contribution in [1.82, 2.24) is 0 Å². The highest BCUT2D eigenvalue weighted by Gasteiger charge is 1.80. The number of hydrogen-bond donors (Lipinski definition) is 2. The number of hydrogen-bond acceptors (Lipinski definition) is 2. The van der Waals surface area contributed by atoms with E-state index in [-0.39, 0.29) is 24.8 Å². The van der Waals surface area contributed by atoms with Crippen molar-refractivity contribution in [3.63, 3.8) is 0 Å². The van der Waals surface area contributed by atoms with Gasteiger partial charge in [-0.3, -0.25) is 0 Å². The molecule has 0 radical (unpaired) electrons. The summed E-state index contributed by atoms with van der Waals surface area (Å²) >= 11 is 0. The Bertz CT molecular complexity index is 32.1. The average molecular weight is 179 g/mol. The van der Waals surface area contributed by atoms with Crippen LogP contribution in [0.25, 0.3) is 0 Å². The molecule has 0 saturated heterocycles. The highest BCUT2D eigenvalue weighted by atomic mass is 35.5. The molecule has 0 amide bonds. The summed E-state index contributed by atoms with van der Waals surface area (Å²) in [5, 5.41) is 0. The lowest BCUT2D eigenvalue weighted by Crippen LogP contribution is -2.02. The zero-order valence-corrected chi connectivity index (χ0v) is 7.14. The molecule has 0 aliphatic rings. The van der Waals surface area contributed by atoms with Crippen molar-refractivity contribution in [3.8, 4) is 0 Å². The molecular weight excluding hydrogens is 163 g/mol. The molecule has 0 unspecified atom stereocenters. The standard InChI is InChI=1S/C5H14N2.2ClH/c6-4-2-1-3-5-7;;/h1-7H2;2*1H/i4+2,5+2;;. The molecule has 60 valence electrons. The zero-order valence-electron chi connectivity index (χ0n) is 5.51. The van der Waals surface area contributed by atoms with Gasteiger partial charge in [-0.15, -0.1) is 24.8 Å². The molecule has 9 heavy (non-hydrogen) atoms. The Morgan fingerprint density at radius 2 is 1.22 bits per heavy atom. The third kappa shape index (κ3) is 17.7. The van der Waals surface area contributed by atoms with E-state index in [0.717, 1.165) is 25.9 Å². The van der Waals surface area contributed by atoms with Crippen LogP contribution in [0, 0.1) is 0 Å². The van der Waals surface area contributed by atoms with Gasteiger partial charge in [-0.25, -0.2) is 0 Å². The van der Waals surface area contributed by atoms with Gasteiger partial charge in [0.2, 0.25) is 0 Å². The molecular formula is C5H16Cl2N2. The first-order valence-corrected chi connectivity index (χ1v) is 2.82. The number of rotatable bonds is 4. The number of nitrogens with two attached hydrogens (primary N) is 2. The third-order valence-corrected chi connectivity index (χ3v) is 0.908. The minimum absolute atomic E-state index is 0. The van der Waals surface area contributed by atoms with Crippen LogP contribution in [0.1, 0.15) is 19.3 Å². The fourth-order valence-corrected chi connectivity index (χ4v) is 0.465. The normalized spacial score (nSPS) is 7.33. The highest BCUT2D eigenvalue weighted by Crippen LogP contribution is 1.88. The third-order valence-electron chi connectivity index (χ3n) is 0.908. The number of unbranched alkanes of at least 4 members (excludes halogenated alkanes) is 2. The Hall–Kier alpha value is 0.500. The van der Waals surface area contributed by atoms with E-state index >= 15 is 0 Å². The van der Waals surface area contributed by atoms with Crippen molar-refractivity contribution in [2.75, 3.05) is 13.1 Å². The van der Waals surface area contributed by atoms with E-state index in [1.807, 2.05) is 0 Å². The van der Waals surface area contributed by atoms with Crippen LogP contribution < -0.4 is 11.5 Å². The predicted octanol–water partition coefficient (Wildman–Crippen LogP) is 0.918. The fraction of sp³-hybridized carbons (Fsp3) is 1.00. The maximum Gasteiger partial charge on any atom is -0.00773 e. The maximum absolute atomic E-state index is 5.23. The van der Waals surface area contributed by atoms with E-state index in [0.29, 0.717) is 0 Å². The van der Waals surface area contributed by atoms with Gasteiger partial charge < -0.3 is 11.5 Å². The molecule has 0 saturated carbocycles. The second kappa shape index (κ2) is 15.8. The quantitative estimate of drug-likeness (QED) is 0.630. The van der Waals surface area contributed by atoms with Gasteiger partial charge in [0.1, 0.15) is 0 Å². The predicted molar refractivity (Wildman–Crippen MR) is 46.5 cm³/mol. The summed E-state index contributed by atoms with van der Waals surface area (Å²) < 4.78 is 0. The Morgan fingerprint density at radius 1 is 0.889 bits per heavy atom. The van der Waals surface area contributed by atoms with Gasteiger partial charge in [0.15, 0.2) is 0 Å². The molecule has 0 atom stereocenters. The molecule has 4 heteroatoms. The van der Waals surface area contributed by atoms with Gasteiger partial charge in [-0.1, -0.05) is 6.42 Å². The van der Waals surface area contributed by atoms with Crippen molar-refractivity contribution >= 4 is 24.8 Å². The van der Waals surface area contributed by atoms with Crippen LogP contribution in [-0.4, -0.2) is 13.1 Å². The Labute approximate surface area is 69.2 Å². The van der Waals surface area contributed by atoms with E-state index in [1.165, 1.54) is 6.42 Å². The minimum Gasteiger partial charge on any atom is -0.330 e. The minimum atomic E-state index is 0. The van der Waals surface area contributed by atoms with E-state index in [2.05, 4.69) is 0 Å². The first-order valence-electron chi connectivity index (χ1n) is 2.82. The van der Waals surface area contributed by atoms with Crippen LogP contribution in [0.5, 0.6) is 0 Å². The van der Waals surface area contributed by atoms with E-state index in [4.69, 9.17) is 11.5 Å². The molecule has 0 aromatic heterocycles. The van der Waals surface area contributed by atoms with Crippen molar-refractivity contribution in [2.24, 2.45) is 11.5 Å². The summed E-state index contributed by atoms with van der Waals surface area (Å²) in [6, 6.07) is 0. The first kappa shape index (κ1) is 16.2. The SMILES string of the molecule is Cl.Cl.N[14CH2]CCC[14CH2]N. The molecule has 0 bridgehead atoms. The van der Waals surface area contributed by atoms with Gasteiger partial charge >= 0.3 is 0 Å². The van der Waals surface area contributed by atoms with Gasteiger partial charge in [-0.05, 0) is 25.9 Å². The van der Waals surface area contributed by atoms with Crippen LogP contribution in [0.3, 0.4) is 0 Å². The second-order valence-electron chi connectivity index (χ2n) is 1.64. The van der Waals surface area contributed by atoms with Crippen molar-refractivity contribution in [2.45, 2.75) is 19.3 Å². The van der Waals surface area contributed by atoms with Crippen molar-refractivity contribution < 1.29 is 0 Å². The zero-order chi connectivity index (χ0) is 5.54. The number of halogens is 2. The lowest BCUT2D eigenvalue weighted by Gasteiger charge is -1.91. The summed E-state index contributed by atoms with van der Waals surface area (Å²) in [6.45, 7) is 1.61. The summed E-state index contributed by atoms with van der Waals surface area (Å²) in [7, 11) is 0. The second-order valence-corrected chi connectivity index (χ2v) is 1.64. The molecule has 0 rings (SSSR count). The summed E-state index contributed by atoms with van der Waals surface area (Å²) in [5.74, 6) is 0. The monoisotopic (exact) mass is 178 g/mol. The molecule has 0 heterocycles. The first-order chi connectivity index (χ1) is 3.41. The molecule has 0 aliphatic carbocycles. The smallest absolute Gasteiger partial charge is 0.00773 e. The Kier molecular flexibility index (Phi) is 28.5. The lowest BCUT2D eigenvalue weighted by molar-refractivity contribution is 0.695. The van der Waals surface area contributed by atoms with E-state index in [9.17, 15) is 0 Å². The van der Waals surface area contributed by atoms with Gasteiger partial charge in [0, 0.05) is 0 Å². The van der Waals surface area contributed by atoms with Gasteiger partial charge in [0.05, 0.1) is 0 Å². The average Bonchev–Trinajstić information content (AvgIpc) is 1.69. The summed E-state index contributed by atoms with van der Waals surface area (Å²) in [6.07, 6.45) is 3.43. The highest BCUT2D eigenvalue weighted by molar-refractivity contribution is 5.85. The van der Waals surface area contributed by atoms with Crippen LogP contribution in [0.4, 0.5) is 0 Å². The Morgan fingerprint density at radius 3 is 1.44 bits per heavy atom. The van der Waals surface area contributed by atoms with Crippen LogP contribution >= 0.6 is 24.8 Å². The van der Waals surface area contributed by atoms with Gasteiger partial charge in [-0.2, -0.15) is 0 Å². The van der Waals surface area contributed by atoms with Crippen molar-refractivity contribution in [3.05, 3.63) is 0 Å². The van der Waals surface area contributed by atoms with Crippen LogP contribution in [0.15, 0.2) is 0 Å². The summed E-state index contributed by atoms with van der Waals surface area (Å²) in [4.78, 5) is 0. The largest absolute Gasteiger partial charge is 0.330 e. The maximum atomic E-state index is 5.23.